The summed E-state index contributed by atoms with van der Waals surface area (Å²) in [5.74, 6) is 1.33. The van der Waals surface area contributed by atoms with Crippen LogP contribution in [0, 0.1) is 11.8 Å². The maximum absolute atomic E-state index is 13.0. The monoisotopic (exact) mass is 382 g/mol. The summed E-state index contributed by atoms with van der Waals surface area (Å²) >= 11 is 0. The average molecular weight is 382 g/mol. The third-order valence-electron chi connectivity index (χ3n) is 5.68. The van der Waals surface area contributed by atoms with Crippen molar-refractivity contribution in [2.24, 2.45) is 11.8 Å². The molecule has 0 spiro atoms. The summed E-state index contributed by atoms with van der Waals surface area (Å²) in [7, 11) is 1.65. The van der Waals surface area contributed by atoms with E-state index in [9.17, 15) is 9.59 Å². The number of piperidine rings is 1. The lowest BCUT2D eigenvalue weighted by molar-refractivity contribution is -0.127. The van der Waals surface area contributed by atoms with Crippen LogP contribution in [0.5, 0.6) is 5.75 Å². The Morgan fingerprint density at radius 2 is 1.96 bits per heavy atom. The van der Waals surface area contributed by atoms with Crippen LogP contribution in [0.2, 0.25) is 0 Å². The second kappa shape index (κ2) is 8.09. The van der Waals surface area contributed by atoms with Gasteiger partial charge in [-0.15, -0.1) is 0 Å². The number of ether oxygens (including phenoxy) is 1. The van der Waals surface area contributed by atoms with Crippen LogP contribution in [-0.2, 0) is 4.79 Å². The maximum atomic E-state index is 13.0. The zero-order chi connectivity index (χ0) is 19.5. The van der Waals surface area contributed by atoms with Gasteiger partial charge in [0.05, 0.1) is 25.3 Å². The summed E-state index contributed by atoms with van der Waals surface area (Å²) in [5.41, 5.74) is 1.11. The molecule has 4 rings (SSSR count). The van der Waals surface area contributed by atoms with Gasteiger partial charge < -0.3 is 19.4 Å². The number of hydrogen-bond acceptors (Lipinski definition) is 4. The molecule has 1 aliphatic heterocycles. The first-order chi connectivity index (χ1) is 13.7. The van der Waals surface area contributed by atoms with Crippen molar-refractivity contribution in [1.82, 2.24) is 10.2 Å². The molecule has 28 heavy (non-hydrogen) atoms. The van der Waals surface area contributed by atoms with Gasteiger partial charge in [-0.2, -0.15) is 0 Å². The molecule has 6 nitrogen and oxygen atoms in total. The third-order valence-corrected chi connectivity index (χ3v) is 5.68. The molecule has 1 aliphatic carbocycles. The number of carbonyl (C=O) groups excluding carboxylic acids is 2. The predicted octanol–water partition coefficient (Wildman–Crippen LogP) is 3.41. The smallest absolute Gasteiger partial charge is 0.289 e. The molecule has 1 saturated carbocycles. The van der Waals surface area contributed by atoms with E-state index in [1.54, 1.807) is 24.1 Å². The van der Waals surface area contributed by atoms with Crippen LogP contribution in [0.3, 0.4) is 0 Å². The number of nitrogens with one attached hydrogen (secondary N) is 1. The van der Waals surface area contributed by atoms with Crippen LogP contribution < -0.4 is 10.1 Å². The molecule has 2 heterocycles. The molecule has 2 fully saturated rings. The molecule has 1 aromatic heterocycles. The average Bonchev–Trinajstić information content (AvgIpc) is 3.44. The van der Waals surface area contributed by atoms with E-state index in [1.807, 2.05) is 24.3 Å². The zero-order valence-corrected chi connectivity index (χ0v) is 16.1. The fraction of sp³-hybridized carbons (Fsp3) is 0.455. The number of hydrogen-bond donors (Lipinski definition) is 1. The minimum Gasteiger partial charge on any atom is -0.497 e. The van der Waals surface area contributed by atoms with Crippen LogP contribution in [0.25, 0.3) is 0 Å². The lowest BCUT2D eigenvalue weighted by atomic mass is 9.95. The fourth-order valence-corrected chi connectivity index (χ4v) is 3.92. The van der Waals surface area contributed by atoms with E-state index in [2.05, 4.69) is 5.32 Å². The van der Waals surface area contributed by atoms with Crippen LogP contribution in [0.4, 0.5) is 0 Å². The molecule has 2 amide bonds. The second-order valence-electron chi connectivity index (χ2n) is 7.66. The van der Waals surface area contributed by atoms with E-state index < -0.39 is 0 Å². The Hall–Kier alpha value is -2.76. The number of carbonyl (C=O) groups is 2. The molecule has 2 atom stereocenters. The number of furan rings is 1. The van der Waals surface area contributed by atoms with Crippen LogP contribution in [-0.4, -0.2) is 36.9 Å². The van der Waals surface area contributed by atoms with Crippen LogP contribution in [0.1, 0.15) is 47.8 Å². The third kappa shape index (κ3) is 4.06. The van der Waals surface area contributed by atoms with Gasteiger partial charge in [0.2, 0.25) is 5.91 Å². The summed E-state index contributed by atoms with van der Waals surface area (Å²) in [5, 5.41) is 3.26. The van der Waals surface area contributed by atoms with Gasteiger partial charge in [-0.3, -0.25) is 9.59 Å². The predicted molar refractivity (Wildman–Crippen MR) is 104 cm³/mol. The first-order valence-corrected chi connectivity index (χ1v) is 9.93. The Labute approximate surface area is 164 Å². The Balaban J connectivity index is 1.41. The number of rotatable bonds is 6. The molecule has 1 N–H and O–H groups in total. The Morgan fingerprint density at radius 1 is 1.18 bits per heavy atom. The van der Waals surface area contributed by atoms with Gasteiger partial charge >= 0.3 is 0 Å². The van der Waals surface area contributed by atoms with E-state index in [0.29, 0.717) is 24.8 Å². The Kier molecular flexibility index (Phi) is 5.37. The maximum Gasteiger partial charge on any atom is 0.289 e. The van der Waals surface area contributed by atoms with E-state index in [1.165, 1.54) is 6.26 Å². The number of methoxy groups -OCH3 is 1. The standard InChI is InChI=1S/C22H26N2O4/c1-27-18-10-8-16(9-11-18)20(15-6-7-15)23-21(25)17-4-2-12-24(14-17)22(26)19-5-3-13-28-19/h3,5,8-11,13,15,17,20H,2,4,6-7,12,14H2,1H3,(H,23,25)/t17-,20-/m0/s1. The largest absolute Gasteiger partial charge is 0.497 e. The van der Waals surface area contributed by atoms with Crippen LogP contribution in [0.15, 0.2) is 47.1 Å². The van der Waals surface area contributed by atoms with Crippen molar-refractivity contribution in [3.8, 4) is 5.75 Å². The molecule has 0 unspecified atom stereocenters. The van der Waals surface area contributed by atoms with Gasteiger partial charge in [-0.25, -0.2) is 0 Å². The van der Waals surface area contributed by atoms with Crippen molar-refractivity contribution in [2.75, 3.05) is 20.2 Å². The highest BCUT2D eigenvalue weighted by atomic mass is 16.5. The number of amides is 2. The fourth-order valence-electron chi connectivity index (χ4n) is 3.92. The Morgan fingerprint density at radius 3 is 2.61 bits per heavy atom. The van der Waals surface area contributed by atoms with E-state index in [0.717, 1.165) is 37.0 Å². The first kappa shape index (κ1) is 18.6. The molecule has 1 aromatic carbocycles. The van der Waals surface area contributed by atoms with E-state index in [-0.39, 0.29) is 23.8 Å². The summed E-state index contributed by atoms with van der Waals surface area (Å²) in [6.07, 6.45) is 5.38. The summed E-state index contributed by atoms with van der Waals surface area (Å²) in [4.78, 5) is 27.3. The molecule has 0 bridgehead atoms. The Bertz CT molecular complexity index is 812. The zero-order valence-electron chi connectivity index (χ0n) is 16.1. The topological polar surface area (TPSA) is 71.8 Å². The number of benzene rings is 1. The lowest BCUT2D eigenvalue weighted by Crippen LogP contribution is -2.46. The summed E-state index contributed by atoms with van der Waals surface area (Å²) in [6.45, 7) is 1.10. The van der Waals surface area contributed by atoms with Crippen LogP contribution >= 0.6 is 0 Å². The van der Waals surface area contributed by atoms with Gasteiger partial charge in [-0.05, 0) is 61.4 Å². The quantitative estimate of drug-likeness (QED) is 0.831. The van der Waals surface area contributed by atoms with Crippen molar-refractivity contribution < 1.29 is 18.7 Å². The van der Waals surface area contributed by atoms with Gasteiger partial charge in [0.25, 0.3) is 5.91 Å². The molecule has 2 aromatic rings. The van der Waals surface area contributed by atoms with Gasteiger partial charge in [0.15, 0.2) is 5.76 Å². The molecular formula is C22H26N2O4. The highest BCUT2D eigenvalue weighted by molar-refractivity contribution is 5.92. The normalized spacial score (nSPS) is 20.5. The highest BCUT2D eigenvalue weighted by Gasteiger charge is 2.36. The minimum absolute atomic E-state index is 0.0227. The SMILES string of the molecule is COc1ccc([C@@H](NC(=O)[C@H]2CCCN(C(=O)c3ccco3)C2)C2CC2)cc1. The molecule has 148 valence electrons. The first-order valence-electron chi connectivity index (χ1n) is 9.93. The summed E-state index contributed by atoms with van der Waals surface area (Å²) in [6, 6.07) is 11.3. The molecular weight excluding hydrogens is 356 g/mol. The van der Waals surface area contributed by atoms with E-state index in [4.69, 9.17) is 9.15 Å². The highest BCUT2D eigenvalue weighted by Crippen LogP contribution is 2.41. The minimum atomic E-state index is -0.188. The molecule has 2 aliphatic rings. The van der Waals surface area contributed by atoms with Crippen molar-refractivity contribution in [1.29, 1.82) is 0 Å². The lowest BCUT2D eigenvalue weighted by Gasteiger charge is -2.32. The van der Waals surface area contributed by atoms with Crippen molar-refractivity contribution >= 4 is 11.8 Å². The molecule has 0 radical (unpaired) electrons. The summed E-state index contributed by atoms with van der Waals surface area (Å²) < 4.78 is 10.5. The second-order valence-corrected chi connectivity index (χ2v) is 7.66. The number of nitrogens with zero attached hydrogens (tertiary/aromatic N) is 1. The van der Waals surface area contributed by atoms with Crippen molar-refractivity contribution in [3.63, 3.8) is 0 Å². The van der Waals surface area contributed by atoms with Gasteiger partial charge in [0.1, 0.15) is 5.75 Å². The van der Waals surface area contributed by atoms with Gasteiger partial charge in [-0.1, -0.05) is 12.1 Å². The number of likely N-dealkylation sites (tertiary alicyclic amines) is 1. The molecule has 6 heteroatoms. The van der Waals surface area contributed by atoms with Crippen molar-refractivity contribution in [3.05, 3.63) is 54.0 Å². The van der Waals surface area contributed by atoms with Crippen molar-refractivity contribution in [2.45, 2.75) is 31.7 Å². The van der Waals surface area contributed by atoms with E-state index >= 15 is 0 Å². The molecule has 1 saturated heterocycles. The van der Waals surface area contributed by atoms with Gasteiger partial charge in [0, 0.05) is 13.1 Å².